The molecule has 0 radical (unpaired) electrons. The zero-order chi connectivity index (χ0) is 17.5. The number of aromatic nitrogens is 1. The van der Waals surface area contributed by atoms with Crippen LogP contribution < -0.4 is 10.6 Å². The van der Waals surface area contributed by atoms with Crippen molar-refractivity contribution in [1.29, 1.82) is 0 Å². The molecule has 2 N–H and O–H groups in total. The summed E-state index contributed by atoms with van der Waals surface area (Å²) in [6, 6.07) is 11.1. The number of nitrogens with one attached hydrogen (secondary N) is 2. The fourth-order valence-corrected chi connectivity index (χ4v) is 2.91. The van der Waals surface area contributed by atoms with E-state index in [0.29, 0.717) is 10.9 Å². The molecule has 1 aromatic heterocycles. The fourth-order valence-electron chi connectivity index (χ4n) is 2.08. The van der Waals surface area contributed by atoms with Crippen molar-refractivity contribution >= 4 is 29.3 Å². The summed E-state index contributed by atoms with van der Waals surface area (Å²) in [6.07, 6.45) is 3.08. The van der Waals surface area contributed by atoms with Crippen molar-refractivity contribution < 1.29 is 9.59 Å². The summed E-state index contributed by atoms with van der Waals surface area (Å²) in [5, 5.41) is 5.73. The number of nitrogens with zero attached hydrogens (tertiary/aromatic N) is 1. The third-order valence-corrected chi connectivity index (χ3v) is 4.24. The highest BCUT2D eigenvalue weighted by molar-refractivity contribution is 7.99. The molecule has 1 atom stereocenters. The second-order valence-corrected chi connectivity index (χ2v) is 7.28. The molecule has 2 amide bonds. The highest BCUT2D eigenvalue weighted by Crippen LogP contribution is 2.24. The zero-order valence-corrected chi connectivity index (χ0v) is 14.8. The molecule has 0 saturated carbocycles. The number of benzene rings is 1. The number of carbonyl (C=O) groups is 2. The third kappa shape index (κ3) is 5.38. The summed E-state index contributed by atoms with van der Waals surface area (Å²) in [6.45, 7) is 6.13. The summed E-state index contributed by atoms with van der Waals surface area (Å²) < 4.78 is 0. The Morgan fingerprint density at radius 3 is 2.33 bits per heavy atom. The van der Waals surface area contributed by atoms with Gasteiger partial charge in [-0.05, 0) is 36.8 Å². The van der Waals surface area contributed by atoms with E-state index < -0.39 is 11.8 Å². The van der Waals surface area contributed by atoms with Gasteiger partial charge in [-0.25, -0.2) is 0 Å². The Hall–Kier alpha value is -2.34. The van der Waals surface area contributed by atoms with Crippen LogP contribution in [0.1, 0.15) is 32.4 Å². The second-order valence-electron chi connectivity index (χ2n) is 5.63. The van der Waals surface area contributed by atoms with E-state index in [0.717, 1.165) is 5.56 Å². The Bertz CT molecular complexity index is 687. The van der Waals surface area contributed by atoms with E-state index in [4.69, 9.17) is 0 Å². The van der Waals surface area contributed by atoms with Crippen LogP contribution in [0.4, 0.5) is 5.69 Å². The summed E-state index contributed by atoms with van der Waals surface area (Å²) >= 11 is 1.78. The van der Waals surface area contributed by atoms with Gasteiger partial charge < -0.3 is 10.6 Å². The summed E-state index contributed by atoms with van der Waals surface area (Å²) in [4.78, 5) is 29.0. The van der Waals surface area contributed by atoms with Crippen molar-refractivity contribution in [3.63, 3.8) is 0 Å². The van der Waals surface area contributed by atoms with E-state index in [2.05, 4.69) is 29.5 Å². The molecule has 0 saturated heterocycles. The number of pyridine rings is 1. The summed E-state index contributed by atoms with van der Waals surface area (Å²) in [5.74, 6) is -1.38. The fraction of sp³-hybridized carbons (Fsp3) is 0.278. The lowest BCUT2D eigenvalue weighted by Gasteiger charge is -2.15. The van der Waals surface area contributed by atoms with E-state index in [1.807, 2.05) is 31.2 Å². The molecule has 126 valence electrons. The lowest BCUT2D eigenvalue weighted by Crippen LogP contribution is -2.36. The first kappa shape index (κ1) is 18.0. The predicted molar refractivity (Wildman–Crippen MR) is 96.9 cm³/mol. The molecule has 0 fully saturated rings. The van der Waals surface area contributed by atoms with Gasteiger partial charge in [-0.15, -0.1) is 11.8 Å². The topological polar surface area (TPSA) is 71.1 Å². The van der Waals surface area contributed by atoms with Crippen molar-refractivity contribution in [3.05, 3.63) is 54.4 Å². The lowest BCUT2D eigenvalue weighted by molar-refractivity contribution is -0.136. The molecule has 0 aliphatic rings. The largest absolute Gasteiger partial charge is 0.341 e. The van der Waals surface area contributed by atoms with Gasteiger partial charge in [-0.3, -0.25) is 14.6 Å². The van der Waals surface area contributed by atoms with Gasteiger partial charge in [0.15, 0.2) is 0 Å². The molecule has 2 rings (SSSR count). The molecule has 2 aromatic rings. The highest BCUT2D eigenvalue weighted by Gasteiger charge is 2.17. The van der Waals surface area contributed by atoms with Gasteiger partial charge in [0.05, 0.1) is 17.9 Å². The Balaban J connectivity index is 1.92. The first-order valence-corrected chi connectivity index (χ1v) is 8.62. The number of rotatable bonds is 5. The number of hydrogen-bond donors (Lipinski definition) is 2. The number of anilines is 1. The molecule has 0 spiro atoms. The van der Waals surface area contributed by atoms with Gasteiger partial charge in [0.2, 0.25) is 0 Å². The van der Waals surface area contributed by atoms with Crippen LogP contribution in [-0.4, -0.2) is 22.0 Å². The average Bonchev–Trinajstić information content (AvgIpc) is 2.55. The van der Waals surface area contributed by atoms with Gasteiger partial charge in [-0.1, -0.05) is 26.0 Å². The average molecular weight is 343 g/mol. The first-order chi connectivity index (χ1) is 11.5. The number of carbonyl (C=O) groups excluding carboxylic acids is 2. The van der Waals surface area contributed by atoms with Gasteiger partial charge in [0, 0.05) is 16.3 Å². The number of amides is 2. The van der Waals surface area contributed by atoms with Crippen LogP contribution >= 0.6 is 11.8 Å². The van der Waals surface area contributed by atoms with Crippen LogP contribution in [-0.2, 0) is 9.59 Å². The Morgan fingerprint density at radius 2 is 1.75 bits per heavy atom. The maximum Gasteiger partial charge on any atom is 0.313 e. The number of thioether (sulfide) groups is 1. The van der Waals surface area contributed by atoms with E-state index in [1.165, 1.54) is 11.1 Å². The normalized spacial score (nSPS) is 11.8. The highest BCUT2D eigenvalue weighted by atomic mass is 32.2. The van der Waals surface area contributed by atoms with Crippen molar-refractivity contribution in [2.24, 2.45) is 0 Å². The van der Waals surface area contributed by atoms with Crippen molar-refractivity contribution in [2.45, 2.75) is 37.0 Å². The van der Waals surface area contributed by atoms with Crippen molar-refractivity contribution in [2.75, 3.05) is 5.32 Å². The van der Waals surface area contributed by atoms with E-state index in [9.17, 15) is 9.59 Å². The molecular weight excluding hydrogens is 322 g/mol. The lowest BCUT2D eigenvalue weighted by atomic mass is 10.1. The maximum atomic E-state index is 12.0. The van der Waals surface area contributed by atoms with Gasteiger partial charge in [0.25, 0.3) is 0 Å². The van der Waals surface area contributed by atoms with E-state index in [-0.39, 0.29) is 6.04 Å². The maximum absolute atomic E-state index is 12.0. The van der Waals surface area contributed by atoms with E-state index >= 15 is 0 Å². The molecule has 0 aliphatic carbocycles. The summed E-state index contributed by atoms with van der Waals surface area (Å²) in [7, 11) is 0. The second kappa shape index (κ2) is 8.49. The molecular formula is C18H21N3O2S. The Morgan fingerprint density at radius 1 is 1.04 bits per heavy atom. The van der Waals surface area contributed by atoms with Gasteiger partial charge in [0.1, 0.15) is 0 Å². The minimum atomic E-state index is -0.707. The standard InChI is InChI=1S/C18H21N3O2S/c1-12(2)24-16-8-6-14(7-9-16)13(3)20-17(22)18(23)21-15-5-4-10-19-11-15/h4-13H,1-3H3,(H,20,22)(H,21,23). The van der Waals surface area contributed by atoms with Crippen LogP contribution in [0.5, 0.6) is 0 Å². The molecule has 6 heteroatoms. The molecule has 1 unspecified atom stereocenters. The Kier molecular flexibility index (Phi) is 6.37. The van der Waals surface area contributed by atoms with E-state index in [1.54, 1.807) is 30.1 Å². The Labute approximate surface area is 146 Å². The van der Waals surface area contributed by atoms with Crippen LogP contribution in [0.3, 0.4) is 0 Å². The quantitative estimate of drug-likeness (QED) is 0.645. The molecule has 0 aliphatic heterocycles. The van der Waals surface area contributed by atoms with Crippen LogP contribution in [0.15, 0.2) is 53.7 Å². The minimum Gasteiger partial charge on any atom is -0.341 e. The molecule has 1 heterocycles. The SMILES string of the molecule is CC(C)Sc1ccc(C(C)NC(=O)C(=O)Nc2cccnc2)cc1. The van der Waals surface area contributed by atoms with Crippen LogP contribution in [0, 0.1) is 0 Å². The molecule has 0 bridgehead atoms. The predicted octanol–water partition coefficient (Wildman–Crippen LogP) is 3.40. The first-order valence-electron chi connectivity index (χ1n) is 7.74. The number of hydrogen-bond acceptors (Lipinski definition) is 4. The van der Waals surface area contributed by atoms with Crippen LogP contribution in [0.25, 0.3) is 0 Å². The van der Waals surface area contributed by atoms with Crippen molar-refractivity contribution in [1.82, 2.24) is 10.3 Å². The minimum absolute atomic E-state index is 0.254. The molecule has 5 nitrogen and oxygen atoms in total. The summed E-state index contributed by atoms with van der Waals surface area (Å²) in [5.41, 5.74) is 1.44. The van der Waals surface area contributed by atoms with Crippen LogP contribution in [0.2, 0.25) is 0 Å². The molecule has 24 heavy (non-hydrogen) atoms. The third-order valence-electron chi connectivity index (χ3n) is 3.23. The van der Waals surface area contributed by atoms with Crippen molar-refractivity contribution in [3.8, 4) is 0 Å². The zero-order valence-electron chi connectivity index (χ0n) is 13.9. The monoisotopic (exact) mass is 343 g/mol. The smallest absolute Gasteiger partial charge is 0.313 e. The van der Waals surface area contributed by atoms with Gasteiger partial charge in [-0.2, -0.15) is 0 Å². The molecule has 1 aromatic carbocycles. The van der Waals surface area contributed by atoms with Gasteiger partial charge >= 0.3 is 11.8 Å².